The Morgan fingerprint density at radius 3 is 1.38 bits per heavy atom. The summed E-state index contributed by atoms with van der Waals surface area (Å²) in [5.41, 5.74) is 14.1. The van der Waals surface area contributed by atoms with Crippen LogP contribution in [0.15, 0.2) is 110 Å². The highest BCUT2D eigenvalue weighted by Gasteiger charge is 2.47. The third-order valence-electron chi connectivity index (χ3n) is 8.71. The second-order valence-electron chi connectivity index (χ2n) is 12.8. The molecule has 0 radical (unpaired) electrons. The van der Waals surface area contributed by atoms with Gasteiger partial charge in [-0.1, -0.05) is 58.5 Å². The van der Waals surface area contributed by atoms with E-state index in [0.29, 0.717) is 80.5 Å². The molecule has 56 heavy (non-hydrogen) atoms. The molecule has 0 spiro atoms. The fraction of sp³-hybridized carbons (Fsp3) is 0.263. The number of nitrogen functional groups attached to an aromatic ring is 2. The Morgan fingerprint density at radius 2 is 1.02 bits per heavy atom. The second kappa shape index (κ2) is 17.7. The molecule has 2 aliphatic rings. The normalized spacial score (nSPS) is 21.7. The number of benzene rings is 4. The first kappa shape index (κ1) is 39.6. The van der Waals surface area contributed by atoms with Gasteiger partial charge in [-0.2, -0.15) is 10.2 Å². The highest BCUT2D eigenvalue weighted by molar-refractivity contribution is 6.35. The van der Waals surface area contributed by atoms with Crippen molar-refractivity contribution in [2.24, 2.45) is 0 Å². The summed E-state index contributed by atoms with van der Waals surface area (Å²) in [6.07, 6.45) is 5.50. The quantitative estimate of drug-likeness (QED) is 0.121. The molecular weight excluding hydrogens is 806 g/mol. The van der Waals surface area contributed by atoms with Gasteiger partial charge in [-0.25, -0.2) is 19.3 Å². The number of hydrogen-bond donors (Lipinski definition) is 2. The number of aromatic nitrogens is 6. The first-order valence-corrected chi connectivity index (χ1v) is 18.8. The van der Waals surface area contributed by atoms with Crippen LogP contribution in [0.4, 0.5) is 11.4 Å². The Hall–Kier alpha value is -4.64. The van der Waals surface area contributed by atoms with Gasteiger partial charge in [0.05, 0.1) is 23.3 Å². The lowest BCUT2D eigenvalue weighted by atomic mass is 10.1. The summed E-state index contributed by atoms with van der Waals surface area (Å²) in [6, 6.07) is 24.8. The number of anilines is 2. The van der Waals surface area contributed by atoms with E-state index in [-0.39, 0.29) is 25.3 Å². The van der Waals surface area contributed by atoms with Gasteiger partial charge in [0.15, 0.2) is 0 Å². The molecule has 0 saturated carbocycles. The van der Waals surface area contributed by atoms with Gasteiger partial charge in [0.1, 0.15) is 75.3 Å². The lowest BCUT2D eigenvalue weighted by molar-refractivity contribution is -0.191. The van der Waals surface area contributed by atoms with Crippen LogP contribution in [0.5, 0.6) is 11.5 Å². The van der Waals surface area contributed by atoms with E-state index in [1.54, 1.807) is 82.7 Å². The Labute approximate surface area is 342 Å². The Bertz CT molecular complexity index is 2030. The fourth-order valence-electron chi connectivity index (χ4n) is 6.07. The van der Waals surface area contributed by atoms with Crippen molar-refractivity contribution in [3.05, 3.63) is 141 Å². The van der Waals surface area contributed by atoms with Crippen molar-refractivity contribution in [2.45, 2.75) is 36.9 Å². The molecule has 2 fully saturated rings. The van der Waals surface area contributed by atoms with E-state index in [4.69, 9.17) is 86.3 Å². The number of rotatable bonds is 12. The second-order valence-corrected chi connectivity index (χ2v) is 14.5. The molecule has 2 saturated heterocycles. The third kappa shape index (κ3) is 9.65. The molecule has 2 aliphatic heterocycles. The summed E-state index contributed by atoms with van der Waals surface area (Å²) in [4.78, 5) is 7.96. The SMILES string of the molecule is Nc1ccc(OC[C@@H]2CO[C@@](Cn3cncn3)(c3ccc(Cl)cc3Cl)O2)cc1.Nc1ccc(OC[C@H]2CO[C@](Cn3cncn3)(c3ccc(Cl)cc3Cl)O2)cc1. The molecule has 4 atom stereocenters. The summed E-state index contributed by atoms with van der Waals surface area (Å²) >= 11 is 25.0. The first-order valence-electron chi connectivity index (χ1n) is 17.2. The van der Waals surface area contributed by atoms with Crippen molar-refractivity contribution >= 4 is 57.8 Å². The van der Waals surface area contributed by atoms with Crippen molar-refractivity contribution in [1.29, 1.82) is 0 Å². The molecular formula is C38H36Cl4N8O6. The molecule has 0 unspecified atom stereocenters. The van der Waals surface area contributed by atoms with E-state index >= 15 is 0 Å². The molecule has 4 heterocycles. The minimum absolute atomic E-state index is 0.284. The topological polar surface area (TPSA) is 169 Å². The van der Waals surface area contributed by atoms with Crippen molar-refractivity contribution in [2.75, 3.05) is 37.9 Å². The van der Waals surface area contributed by atoms with Gasteiger partial charge < -0.3 is 39.9 Å². The zero-order valence-corrected chi connectivity index (χ0v) is 32.6. The summed E-state index contributed by atoms with van der Waals surface area (Å²) in [5.74, 6) is -0.832. The van der Waals surface area contributed by atoms with E-state index in [2.05, 4.69) is 20.2 Å². The van der Waals surface area contributed by atoms with Crippen LogP contribution in [0.3, 0.4) is 0 Å². The first-order chi connectivity index (χ1) is 27.1. The number of hydrogen-bond acceptors (Lipinski definition) is 12. The van der Waals surface area contributed by atoms with Gasteiger partial charge in [-0.15, -0.1) is 0 Å². The highest BCUT2D eigenvalue weighted by Crippen LogP contribution is 2.42. The molecule has 4 aromatic carbocycles. The maximum absolute atomic E-state index is 6.44. The maximum atomic E-state index is 6.44. The molecule has 0 bridgehead atoms. The number of halogens is 4. The summed E-state index contributed by atoms with van der Waals surface area (Å²) in [7, 11) is 0. The van der Waals surface area contributed by atoms with Crippen LogP contribution >= 0.6 is 46.4 Å². The molecule has 2 aromatic heterocycles. The molecule has 4 N–H and O–H groups in total. The number of nitrogens with zero attached hydrogens (tertiary/aromatic N) is 6. The number of nitrogens with two attached hydrogens (primary N) is 2. The maximum Gasteiger partial charge on any atom is 0.217 e. The monoisotopic (exact) mass is 840 g/mol. The summed E-state index contributed by atoms with van der Waals surface area (Å²) < 4.78 is 39.7. The van der Waals surface area contributed by atoms with Crippen LogP contribution in [0.2, 0.25) is 20.1 Å². The average molecular weight is 843 g/mol. The van der Waals surface area contributed by atoms with Crippen LogP contribution in [0.1, 0.15) is 11.1 Å². The summed E-state index contributed by atoms with van der Waals surface area (Å²) in [5, 5.41) is 10.3. The molecule has 0 aliphatic carbocycles. The van der Waals surface area contributed by atoms with Crippen molar-refractivity contribution in [3.8, 4) is 11.5 Å². The zero-order valence-electron chi connectivity index (χ0n) is 29.6. The van der Waals surface area contributed by atoms with Crippen LogP contribution in [0.25, 0.3) is 0 Å². The smallest absolute Gasteiger partial charge is 0.217 e. The van der Waals surface area contributed by atoms with Crippen LogP contribution in [0, 0.1) is 0 Å². The van der Waals surface area contributed by atoms with Crippen molar-refractivity contribution in [1.82, 2.24) is 29.5 Å². The van der Waals surface area contributed by atoms with Crippen LogP contribution in [-0.2, 0) is 43.6 Å². The van der Waals surface area contributed by atoms with Gasteiger partial charge in [-0.3, -0.25) is 0 Å². The minimum atomic E-state index is -1.12. The molecule has 8 rings (SSSR count). The molecule has 0 amide bonds. The number of ether oxygens (including phenoxy) is 6. The predicted molar refractivity (Wildman–Crippen MR) is 211 cm³/mol. The largest absolute Gasteiger partial charge is 0.491 e. The average Bonchev–Trinajstić information content (AvgIpc) is 4.02. The summed E-state index contributed by atoms with van der Waals surface area (Å²) in [6.45, 7) is 1.87. The molecule has 6 aromatic rings. The molecule has 292 valence electrons. The van der Waals surface area contributed by atoms with Crippen molar-refractivity contribution < 1.29 is 28.4 Å². The van der Waals surface area contributed by atoms with Crippen LogP contribution in [-0.4, -0.2) is 68.2 Å². The molecule has 14 nitrogen and oxygen atoms in total. The highest BCUT2D eigenvalue weighted by atomic mass is 35.5. The Kier molecular flexibility index (Phi) is 12.5. The van der Waals surface area contributed by atoms with Gasteiger partial charge in [0, 0.05) is 32.5 Å². The van der Waals surface area contributed by atoms with Crippen molar-refractivity contribution in [3.63, 3.8) is 0 Å². The van der Waals surface area contributed by atoms with Crippen LogP contribution < -0.4 is 20.9 Å². The van der Waals surface area contributed by atoms with Gasteiger partial charge in [0.25, 0.3) is 0 Å². The predicted octanol–water partition coefficient (Wildman–Crippen LogP) is 7.03. The fourth-order valence-corrected chi connectivity index (χ4v) is 7.18. The van der Waals surface area contributed by atoms with Gasteiger partial charge in [0.2, 0.25) is 11.6 Å². The van der Waals surface area contributed by atoms with Gasteiger partial charge in [-0.05, 0) is 72.8 Å². The Balaban J connectivity index is 0.000000172. The third-order valence-corrected chi connectivity index (χ3v) is 9.80. The van der Waals surface area contributed by atoms with E-state index in [1.807, 2.05) is 24.3 Å². The van der Waals surface area contributed by atoms with E-state index in [0.717, 1.165) is 0 Å². The zero-order chi connectivity index (χ0) is 39.1. The minimum Gasteiger partial charge on any atom is -0.491 e. The Morgan fingerprint density at radius 1 is 0.607 bits per heavy atom. The van der Waals surface area contributed by atoms with Gasteiger partial charge >= 0.3 is 0 Å². The lowest BCUT2D eigenvalue weighted by Gasteiger charge is -2.29. The van der Waals surface area contributed by atoms with E-state index < -0.39 is 11.6 Å². The van der Waals surface area contributed by atoms with E-state index in [1.165, 1.54) is 12.7 Å². The molecule has 18 heteroatoms. The standard InChI is InChI=1S/2C19H18Cl2N4O3/c2*20-13-1-6-17(18(21)7-13)19(10-25-12-23-11-24-25)27-9-16(28-19)8-26-15-4-2-14(22)3-5-15/h2*1-7,11-12,16H,8-10,22H2/t2*16-,19-/m10/s1. The van der Waals surface area contributed by atoms with E-state index in [9.17, 15) is 0 Å². The lowest BCUT2D eigenvalue weighted by Crippen LogP contribution is -2.35.